The average Bonchev–Trinajstić information content (AvgIpc) is 1.63. The summed E-state index contributed by atoms with van der Waals surface area (Å²) in [5.74, 6) is -1.81. The molecule has 6 heterocycles. The summed E-state index contributed by atoms with van der Waals surface area (Å²) in [6, 6.07) is 38.5. The molecule has 0 bridgehead atoms. The van der Waals surface area contributed by atoms with Crippen molar-refractivity contribution in [3.63, 3.8) is 0 Å². The van der Waals surface area contributed by atoms with Gasteiger partial charge in [-0.15, -0.1) is 0 Å². The predicted molar refractivity (Wildman–Crippen MR) is 378 cm³/mol. The van der Waals surface area contributed by atoms with Gasteiger partial charge in [-0.2, -0.15) is 10.5 Å². The fourth-order valence-corrected chi connectivity index (χ4v) is 16.7. The lowest BCUT2D eigenvalue weighted by molar-refractivity contribution is -0.138. The summed E-state index contributed by atoms with van der Waals surface area (Å²) in [4.78, 5) is 95.1. The van der Waals surface area contributed by atoms with Crippen LogP contribution in [-0.4, -0.2) is 86.6 Å². The molecule has 0 radical (unpaired) electrons. The Bertz CT molecular complexity index is 4910. The smallest absolute Gasteiger partial charge is 0.262 e. The van der Waals surface area contributed by atoms with Crippen molar-refractivity contribution >= 4 is 64.1 Å². The van der Waals surface area contributed by atoms with E-state index in [0.717, 1.165) is 166 Å². The Hall–Kier alpha value is -10.9. The third kappa shape index (κ3) is 12.6. The SMILES string of the molecule is Cc1ccc(-c2c(C)noc2C)cc1N(CC1CC(Cc2cc3c(cc2F)C(=O)N(C2CCC(=O)NC2=O)C3=O)C1)c1ccc(C2(C#N)CC2)cc1.Cc1ccc(-c2c(C)noc2C)cc1N(CC1CC(Cc2cc3c(cc2F)CN(C2CCC(=O)NC2=O)C3=O)C1)c1ccc(C2(C#N)CC2)cc1. The second kappa shape index (κ2) is 26.5. The van der Waals surface area contributed by atoms with Crippen molar-refractivity contribution in [3.8, 4) is 34.4 Å². The summed E-state index contributed by atoms with van der Waals surface area (Å²) in [6.45, 7) is 13.6. The topological polar surface area (TPSA) is 256 Å². The van der Waals surface area contributed by atoms with Gasteiger partial charge in [-0.05, 0) is 253 Å². The highest BCUT2D eigenvalue weighted by Gasteiger charge is 2.48. The minimum Gasteiger partial charge on any atom is -0.361 e. The molecule has 4 aliphatic carbocycles. The van der Waals surface area contributed by atoms with Crippen LogP contribution < -0.4 is 20.4 Å². The molecule has 2 atom stereocenters. The van der Waals surface area contributed by atoms with Gasteiger partial charge in [0.2, 0.25) is 23.6 Å². The molecular weight excluding hydrogens is 1310 g/mol. The number of piperidine rings is 2. The zero-order chi connectivity index (χ0) is 72.1. The van der Waals surface area contributed by atoms with Crippen LogP contribution in [-0.2, 0) is 49.4 Å². The van der Waals surface area contributed by atoms with E-state index in [1.54, 1.807) is 6.07 Å². The number of nitrogens with one attached hydrogen (secondary N) is 2. The van der Waals surface area contributed by atoms with Crippen molar-refractivity contribution < 1.29 is 51.4 Å². The van der Waals surface area contributed by atoms with Crippen LogP contribution in [0.1, 0.15) is 170 Å². The molecular formula is C82H78F2N10O9. The van der Waals surface area contributed by atoms with Crippen LogP contribution in [0.3, 0.4) is 0 Å². The summed E-state index contributed by atoms with van der Waals surface area (Å²) in [5, 5.41) is 32.4. The maximum absolute atomic E-state index is 15.5. The van der Waals surface area contributed by atoms with E-state index in [4.69, 9.17) is 9.05 Å². The van der Waals surface area contributed by atoms with Crippen LogP contribution >= 0.6 is 0 Å². The zero-order valence-corrected chi connectivity index (χ0v) is 58.4. The molecule has 2 N–H and O–H groups in total. The number of carbonyl (C=O) groups is 7. The van der Waals surface area contributed by atoms with E-state index in [-0.39, 0.29) is 83.7 Å². The predicted octanol–water partition coefficient (Wildman–Crippen LogP) is 13.9. The number of benzene rings is 6. The molecule has 4 saturated carbocycles. The third-order valence-electron chi connectivity index (χ3n) is 22.9. The Labute approximate surface area is 595 Å². The number of rotatable bonds is 18. The highest BCUT2D eigenvalue weighted by Crippen LogP contribution is 2.51. The molecule has 4 aliphatic heterocycles. The van der Waals surface area contributed by atoms with E-state index < -0.39 is 47.4 Å². The molecule has 2 aromatic heterocycles. The first kappa shape index (κ1) is 67.9. The first-order chi connectivity index (χ1) is 49.5. The molecule has 6 aromatic carbocycles. The van der Waals surface area contributed by atoms with Gasteiger partial charge in [0.15, 0.2) is 0 Å². The molecule has 6 fully saturated rings. The lowest BCUT2D eigenvalue weighted by Crippen LogP contribution is -2.54. The van der Waals surface area contributed by atoms with E-state index >= 15 is 8.78 Å². The first-order valence-corrected chi connectivity index (χ1v) is 35.7. The molecule has 0 spiro atoms. The zero-order valence-electron chi connectivity index (χ0n) is 58.4. The molecule has 21 heteroatoms. The number of nitrogens with zero attached hydrogens (tertiary/aromatic N) is 8. The Morgan fingerprint density at radius 2 is 0.951 bits per heavy atom. The van der Waals surface area contributed by atoms with E-state index in [1.807, 2.05) is 27.7 Å². The van der Waals surface area contributed by atoms with Gasteiger partial charge in [0, 0.05) is 71.9 Å². The van der Waals surface area contributed by atoms with Crippen LogP contribution in [0.25, 0.3) is 22.3 Å². The third-order valence-corrected chi connectivity index (χ3v) is 22.9. The number of carbonyl (C=O) groups excluding carboxylic acids is 7. The van der Waals surface area contributed by atoms with E-state index in [2.05, 4.69) is 142 Å². The number of hydrogen-bond acceptors (Lipinski definition) is 15. The molecule has 19 nitrogen and oxygen atoms in total. The van der Waals surface area contributed by atoms with Crippen molar-refractivity contribution in [1.29, 1.82) is 10.5 Å². The van der Waals surface area contributed by atoms with Crippen LogP contribution in [0.5, 0.6) is 0 Å². The fourth-order valence-electron chi connectivity index (χ4n) is 16.7. The largest absolute Gasteiger partial charge is 0.361 e. The van der Waals surface area contributed by atoms with E-state index in [0.29, 0.717) is 46.9 Å². The molecule has 8 aromatic rings. The summed E-state index contributed by atoms with van der Waals surface area (Å²) in [6.07, 6.45) is 8.54. The first-order valence-electron chi connectivity index (χ1n) is 35.7. The lowest BCUT2D eigenvalue weighted by atomic mass is 9.71. The van der Waals surface area contributed by atoms with Crippen molar-refractivity contribution in [2.24, 2.45) is 23.7 Å². The monoisotopic (exact) mass is 1380 g/mol. The Morgan fingerprint density at radius 3 is 1.37 bits per heavy atom. The highest BCUT2D eigenvalue weighted by atomic mass is 19.1. The summed E-state index contributed by atoms with van der Waals surface area (Å²) >= 11 is 0. The second-order valence-corrected chi connectivity index (χ2v) is 29.9. The van der Waals surface area contributed by atoms with Crippen LogP contribution in [0, 0.1) is 99.5 Å². The summed E-state index contributed by atoms with van der Waals surface area (Å²) < 4.78 is 41.9. The highest BCUT2D eigenvalue weighted by molar-refractivity contribution is 6.23. The Balaban J connectivity index is 0.000000166. The number of imide groups is 3. The molecule has 2 unspecified atom stereocenters. The van der Waals surface area contributed by atoms with Crippen LogP contribution in [0.2, 0.25) is 0 Å². The maximum atomic E-state index is 15.5. The van der Waals surface area contributed by atoms with Crippen LogP contribution in [0.15, 0.2) is 118 Å². The number of nitriles is 2. The second-order valence-electron chi connectivity index (χ2n) is 29.9. The van der Waals surface area contributed by atoms with Crippen molar-refractivity contribution in [2.75, 3.05) is 22.9 Å². The van der Waals surface area contributed by atoms with Crippen molar-refractivity contribution in [2.45, 2.75) is 161 Å². The minimum atomic E-state index is -1.10. The quantitative estimate of drug-likeness (QED) is 0.0757. The Morgan fingerprint density at radius 1 is 0.524 bits per heavy atom. The van der Waals surface area contributed by atoms with E-state index in [9.17, 15) is 44.1 Å². The summed E-state index contributed by atoms with van der Waals surface area (Å²) in [5.41, 5.74) is 15.5. The number of amides is 7. The van der Waals surface area contributed by atoms with Gasteiger partial charge >= 0.3 is 0 Å². The summed E-state index contributed by atoms with van der Waals surface area (Å²) in [7, 11) is 0. The van der Waals surface area contributed by atoms with Gasteiger partial charge in [0.05, 0.1) is 45.5 Å². The number of halogens is 2. The Kier molecular flexibility index (Phi) is 17.4. The lowest BCUT2D eigenvalue weighted by Gasteiger charge is -2.40. The number of aromatic nitrogens is 2. The van der Waals surface area contributed by atoms with Gasteiger partial charge in [-0.25, -0.2) is 8.78 Å². The molecule has 8 aliphatic rings. The molecule has 524 valence electrons. The molecule has 16 rings (SSSR count). The standard InChI is InChI=1S/C41H38FN5O5.C41H40FN5O4/c1-22-4-5-27(37-23(2)45-52-24(37)3)18-35(22)46(30-8-6-29(7-9-30)41(21-43)12-13-41)20-26-14-25(15-26)16-28-17-31-32(19-33(28)42)40(51)47(39(31)50)34-10-11-36(48)44-38(34)49;1-23-4-5-28(38-24(2)45-51-25(38)3)19-36(23)46(32-8-6-31(7-9-32)41(22-43)12-13-41)20-27-14-26(15-27)16-29-17-33-30(18-34(29)42)21-47(40(33)50)35-10-11-37(48)44-39(35)49/h4-9,17-19,25-26,34H,10-16,20H2,1-3H3,(H,44,48,49);4-9,17-19,26-27,35H,10-16,20-21H2,1-3H3,(H,44,48,49). The normalized spacial score (nSPS) is 21.8. The molecule has 7 amide bonds. The van der Waals surface area contributed by atoms with E-state index in [1.165, 1.54) is 17.0 Å². The minimum absolute atomic E-state index is 0.0170. The number of aryl methyl sites for hydroxylation is 6. The number of anilines is 4. The van der Waals surface area contributed by atoms with Gasteiger partial charge < -0.3 is 23.7 Å². The number of hydrogen-bond donors (Lipinski definition) is 2. The van der Waals surface area contributed by atoms with Gasteiger partial charge in [-0.3, -0.25) is 49.1 Å². The van der Waals surface area contributed by atoms with Crippen molar-refractivity contribution in [1.82, 2.24) is 30.7 Å². The van der Waals surface area contributed by atoms with Gasteiger partial charge in [0.1, 0.15) is 35.2 Å². The van der Waals surface area contributed by atoms with Gasteiger partial charge in [-0.1, -0.05) is 58.8 Å². The van der Waals surface area contributed by atoms with Crippen molar-refractivity contribution in [3.05, 3.63) is 199 Å². The van der Waals surface area contributed by atoms with Gasteiger partial charge in [0.25, 0.3) is 17.7 Å². The maximum Gasteiger partial charge on any atom is 0.262 e. The molecule has 2 saturated heterocycles. The fraction of sp³-hybridized carbons (Fsp3) is 0.378. The number of fused-ring (bicyclic) bond motifs is 2. The molecule has 103 heavy (non-hydrogen) atoms. The average molecular weight is 1390 g/mol. The van der Waals surface area contributed by atoms with Crippen LogP contribution in [0.4, 0.5) is 31.5 Å².